The molecule has 1 fully saturated rings. The maximum atomic E-state index is 15.4. The molecule has 7 heteroatoms. The highest BCUT2D eigenvalue weighted by Crippen LogP contribution is 2.47. The molecule has 1 atom stereocenters. The average Bonchev–Trinajstić information content (AvgIpc) is 2.97. The van der Waals surface area contributed by atoms with Gasteiger partial charge in [-0.05, 0) is 62.3 Å². The van der Waals surface area contributed by atoms with E-state index < -0.39 is 17.9 Å². The van der Waals surface area contributed by atoms with Gasteiger partial charge in [0.05, 0.1) is 23.0 Å². The summed E-state index contributed by atoms with van der Waals surface area (Å²) in [4.78, 5) is 1.81. The molecule has 0 saturated carbocycles. The molecule has 2 N–H and O–H groups in total. The molecule has 0 aliphatic carbocycles. The lowest BCUT2D eigenvalue weighted by atomic mass is 9.81. The fraction of sp³-hybridized carbons (Fsp3) is 0.412. The van der Waals surface area contributed by atoms with E-state index in [0.717, 1.165) is 61.7 Å². The largest absolute Gasteiger partial charge is 0.494 e. The van der Waals surface area contributed by atoms with Crippen LogP contribution in [0, 0.1) is 5.92 Å². The number of piperidine rings is 1. The van der Waals surface area contributed by atoms with Crippen molar-refractivity contribution in [3.8, 4) is 5.75 Å². The number of unbranched alkanes of at least 4 members (excludes halogenated alkanes) is 1. The maximum Gasteiger partial charge on any atom is 0.289 e. The number of ether oxygens (including phenoxy) is 1. The summed E-state index contributed by atoms with van der Waals surface area (Å²) in [5.41, 5.74) is 4.75. The number of nitrogens with zero attached hydrogens (tertiary/aromatic N) is 1. The topological polar surface area (TPSA) is 44.7 Å². The summed E-state index contributed by atoms with van der Waals surface area (Å²) in [7, 11) is 0. The lowest BCUT2D eigenvalue weighted by molar-refractivity contribution is -0.174. The third-order valence-corrected chi connectivity index (χ3v) is 7.89. The number of allylic oxidation sites excluding steroid dienone is 1. The van der Waals surface area contributed by atoms with Crippen molar-refractivity contribution in [1.82, 2.24) is 10.2 Å². The molecule has 220 valence electrons. The van der Waals surface area contributed by atoms with Crippen LogP contribution in [0.1, 0.15) is 56.6 Å². The predicted molar refractivity (Wildman–Crippen MR) is 164 cm³/mol. The number of nitrogens with one attached hydrogen (secondary N) is 1. The zero-order valence-corrected chi connectivity index (χ0v) is 24.7. The van der Waals surface area contributed by atoms with Gasteiger partial charge in [-0.3, -0.25) is 0 Å². The quantitative estimate of drug-likeness (QED) is 0.126. The Hall–Kier alpha value is -3.27. The Bertz CT molecular complexity index is 1260. The summed E-state index contributed by atoms with van der Waals surface area (Å²) < 4.78 is 36.8. The summed E-state index contributed by atoms with van der Waals surface area (Å²) in [6.45, 7) is 15.3. The van der Waals surface area contributed by atoms with Gasteiger partial charge in [0.15, 0.2) is 0 Å². The highest BCUT2D eigenvalue weighted by Gasteiger charge is 2.57. The van der Waals surface area contributed by atoms with Crippen molar-refractivity contribution in [2.75, 3.05) is 26.2 Å². The number of rotatable bonds is 15. The molecule has 2 aromatic rings. The van der Waals surface area contributed by atoms with Crippen LogP contribution in [0.3, 0.4) is 0 Å². The molecule has 1 heterocycles. The van der Waals surface area contributed by atoms with Crippen LogP contribution in [0.4, 0.5) is 8.78 Å². The van der Waals surface area contributed by atoms with Crippen LogP contribution in [0.15, 0.2) is 91.5 Å². The number of hydrogen-bond acceptors (Lipinski definition) is 4. The first-order valence-corrected chi connectivity index (χ1v) is 14.6. The second-order valence-electron chi connectivity index (χ2n) is 10.3. The highest BCUT2D eigenvalue weighted by atomic mass is 35.5. The number of alkyl halides is 2. The minimum Gasteiger partial charge on any atom is -0.494 e. The van der Waals surface area contributed by atoms with Crippen molar-refractivity contribution < 1.29 is 18.6 Å². The number of benzene rings is 2. The van der Waals surface area contributed by atoms with Crippen LogP contribution < -0.4 is 10.1 Å². The Balaban J connectivity index is 1.52. The third kappa shape index (κ3) is 7.72. The van der Waals surface area contributed by atoms with Crippen LogP contribution in [-0.4, -0.2) is 42.2 Å². The van der Waals surface area contributed by atoms with E-state index in [2.05, 4.69) is 36.5 Å². The SMILES string of the molecule is C=C=C(NCC)c1ccc(OCCCCC2CCN(C(=C=C)C(O)(c3ccccc3)C(F)(F)CC=C)CC2)cc1Cl. The van der Waals surface area contributed by atoms with Gasteiger partial charge in [-0.25, -0.2) is 8.78 Å². The van der Waals surface area contributed by atoms with Crippen LogP contribution >= 0.6 is 11.6 Å². The Labute approximate surface area is 248 Å². The van der Waals surface area contributed by atoms with Gasteiger partial charge in [0.1, 0.15) is 5.75 Å². The summed E-state index contributed by atoms with van der Waals surface area (Å²) in [5.74, 6) is -2.29. The van der Waals surface area contributed by atoms with E-state index in [1.54, 1.807) is 24.3 Å². The molecule has 2 aromatic carbocycles. The Morgan fingerprint density at radius 2 is 1.85 bits per heavy atom. The molecule has 41 heavy (non-hydrogen) atoms. The Morgan fingerprint density at radius 1 is 1.15 bits per heavy atom. The number of hydrogen-bond donors (Lipinski definition) is 2. The normalized spacial score (nSPS) is 15.3. The summed E-state index contributed by atoms with van der Waals surface area (Å²) in [6.07, 6.45) is 5.06. The van der Waals surface area contributed by atoms with E-state index in [1.807, 2.05) is 24.0 Å². The van der Waals surface area contributed by atoms with E-state index in [9.17, 15) is 5.11 Å². The summed E-state index contributed by atoms with van der Waals surface area (Å²) in [5, 5.41) is 15.4. The van der Waals surface area contributed by atoms with Crippen molar-refractivity contribution in [2.45, 2.75) is 57.0 Å². The Morgan fingerprint density at radius 3 is 2.44 bits per heavy atom. The summed E-state index contributed by atoms with van der Waals surface area (Å²) >= 11 is 6.44. The molecule has 1 aliphatic rings. The fourth-order valence-electron chi connectivity index (χ4n) is 5.39. The fourth-order valence-corrected chi connectivity index (χ4v) is 5.65. The van der Waals surface area contributed by atoms with Gasteiger partial charge < -0.3 is 20.1 Å². The zero-order valence-electron chi connectivity index (χ0n) is 23.9. The van der Waals surface area contributed by atoms with Crippen molar-refractivity contribution in [1.29, 1.82) is 0 Å². The van der Waals surface area contributed by atoms with Gasteiger partial charge in [-0.1, -0.05) is 67.6 Å². The van der Waals surface area contributed by atoms with Crippen molar-refractivity contribution in [2.24, 2.45) is 5.92 Å². The molecule has 0 bridgehead atoms. The number of aliphatic hydroxyl groups is 1. The van der Waals surface area contributed by atoms with Gasteiger partial charge in [0.25, 0.3) is 5.92 Å². The molecular weight excluding hydrogens is 542 g/mol. The van der Waals surface area contributed by atoms with Gasteiger partial charge in [-0.2, -0.15) is 0 Å². The van der Waals surface area contributed by atoms with Crippen LogP contribution in [0.2, 0.25) is 5.02 Å². The molecule has 1 unspecified atom stereocenters. The van der Waals surface area contributed by atoms with Crippen LogP contribution in [0.25, 0.3) is 5.70 Å². The molecule has 0 spiro atoms. The first-order valence-electron chi connectivity index (χ1n) is 14.2. The number of halogens is 3. The molecule has 0 amide bonds. The van der Waals surface area contributed by atoms with Crippen molar-refractivity contribution >= 4 is 17.3 Å². The standard InChI is InChI=1S/C34H41ClF2N2O2/c1-5-21-33(36,37)34(40,27-15-10-9-11-16-27)32(7-3)39-22-19-26(20-23-39)14-12-13-24-41-28-17-18-29(30(35)25-28)31(6-2)38-8-4/h5,9-11,15-18,25-26,38,40H,1-3,8,12-14,19-24H2,4H3. The van der Waals surface area contributed by atoms with E-state index >= 15 is 8.78 Å². The minimum atomic E-state index is -3.48. The highest BCUT2D eigenvalue weighted by molar-refractivity contribution is 6.32. The lowest BCUT2D eigenvalue weighted by Crippen LogP contribution is -2.52. The van der Waals surface area contributed by atoms with E-state index in [-0.39, 0.29) is 11.3 Å². The van der Waals surface area contributed by atoms with E-state index in [4.69, 9.17) is 16.3 Å². The van der Waals surface area contributed by atoms with Crippen LogP contribution in [-0.2, 0) is 5.60 Å². The van der Waals surface area contributed by atoms with Gasteiger partial charge in [-0.15, -0.1) is 18.0 Å². The molecule has 0 radical (unpaired) electrons. The molecule has 3 rings (SSSR count). The second kappa shape index (κ2) is 15.1. The van der Waals surface area contributed by atoms with Gasteiger partial charge in [0.2, 0.25) is 5.60 Å². The minimum absolute atomic E-state index is 0.0215. The van der Waals surface area contributed by atoms with Gasteiger partial charge in [0, 0.05) is 31.6 Å². The molecule has 1 aliphatic heterocycles. The average molecular weight is 583 g/mol. The first kappa shape index (κ1) is 32.2. The maximum absolute atomic E-state index is 15.4. The smallest absolute Gasteiger partial charge is 0.289 e. The van der Waals surface area contributed by atoms with Crippen LogP contribution in [0.5, 0.6) is 5.75 Å². The van der Waals surface area contributed by atoms with Crippen molar-refractivity contribution in [3.63, 3.8) is 0 Å². The zero-order chi connectivity index (χ0) is 29.9. The lowest BCUT2D eigenvalue weighted by Gasteiger charge is -2.44. The third-order valence-electron chi connectivity index (χ3n) is 7.58. The van der Waals surface area contributed by atoms with E-state index in [0.29, 0.717) is 30.6 Å². The molecular formula is C34H41ClF2N2O2. The molecule has 1 saturated heterocycles. The second-order valence-corrected chi connectivity index (χ2v) is 10.7. The van der Waals surface area contributed by atoms with E-state index in [1.165, 1.54) is 12.1 Å². The van der Waals surface area contributed by atoms with Gasteiger partial charge >= 0.3 is 0 Å². The molecule has 4 nitrogen and oxygen atoms in total. The van der Waals surface area contributed by atoms with Crippen molar-refractivity contribution in [3.05, 3.63) is 108 Å². The monoisotopic (exact) mass is 582 g/mol. The number of likely N-dealkylation sites (tertiary alicyclic amines) is 1. The first-order chi connectivity index (χ1) is 19.7. The molecule has 0 aromatic heterocycles. The predicted octanol–water partition coefficient (Wildman–Crippen LogP) is 8.10. The Kier molecular flexibility index (Phi) is 11.9. The summed E-state index contributed by atoms with van der Waals surface area (Å²) in [6, 6.07) is 13.7.